The van der Waals surface area contributed by atoms with Crippen molar-refractivity contribution in [1.29, 1.82) is 0 Å². The minimum Gasteiger partial charge on any atom is 2.00 e. The van der Waals surface area contributed by atoms with Gasteiger partial charge in [0.05, 0.1) is 0 Å². The molecule has 0 aliphatic heterocycles. The maximum absolute atomic E-state index is 8.24. The zero-order chi connectivity index (χ0) is 5.41. The van der Waals surface area contributed by atoms with Gasteiger partial charge in [-0.2, -0.15) is 0 Å². The molecule has 4 nitrogen and oxygen atoms in total. The molecule has 2 N–H and O–H groups in total. The van der Waals surface area contributed by atoms with Gasteiger partial charge >= 0.3 is 68.4 Å². The summed E-state index contributed by atoms with van der Waals surface area (Å²) in [5, 5.41) is 13.5. The van der Waals surface area contributed by atoms with Crippen LogP contribution >= 0.6 is 0 Å². The van der Waals surface area contributed by atoms with E-state index in [1.807, 2.05) is 0 Å². The largest absolute Gasteiger partial charge is 2.00 e. The molecule has 0 saturated carbocycles. The van der Waals surface area contributed by atoms with Crippen molar-refractivity contribution < 1.29 is 39.3 Å². The van der Waals surface area contributed by atoms with Crippen LogP contribution in [-0.2, 0) is 29.1 Å². The fraction of sp³-hybridized carbons (Fsp3) is 0. The van der Waals surface area contributed by atoms with E-state index in [1.165, 1.54) is 0 Å². The summed E-state index contributed by atoms with van der Waals surface area (Å²) < 4.78 is 0. The maximum Gasteiger partial charge on any atom is 2.00 e. The van der Waals surface area contributed by atoms with Crippen molar-refractivity contribution in [1.82, 2.24) is 0 Å². The smallest absolute Gasteiger partial charge is 2.00 e. The molecule has 40 valence electrons. The molecule has 0 radical (unpaired) electrons. The average molecular weight is 295 g/mol. The Labute approximate surface area is 99.5 Å². The quantitative estimate of drug-likeness (QED) is 0.413. The first kappa shape index (κ1) is 22.9. The summed E-state index contributed by atoms with van der Waals surface area (Å²) in [6, 6.07) is 0. The third-order valence-electron chi connectivity index (χ3n) is 0. The molecule has 0 spiro atoms. The number of aliphatic hydroxyl groups excluding tert-OH is 2. The fourth-order valence-corrected chi connectivity index (χ4v) is 0. The van der Waals surface area contributed by atoms with E-state index in [0.29, 0.717) is 12.9 Å². The van der Waals surface area contributed by atoms with Gasteiger partial charge in [0.2, 0.25) is 0 Å². The Hall–Kier alpha value is 1.13. The maximum atomic E-state index is 8.24. The number of rotatable bonds is 0. The molecule has 0 amide bonds. The zero-order valence-corrected chi connectivity index (χ0v) is 6.39. The van der Waals surface area contributed by atoms with E-state index in [1.54, 1.807) is 0 Å². The van der Waals surface area contributed by atoms with Crippen LogP contribution in [0.5, 0.6) is 0 Å². The van der Waals surface area contributed by atoms with Crippen molar-refractivity contribution in [2.75, 3.05) is 0 Å². The van der Waals surface area contributed by atoms with Crippen LogP contribution in [0.2, 0.25) is 0 Å². The first-order chi connectivity index (χ1) is 2.83. The fourth-order valence-electron chi connectivity index (χ4n) is 0. The Morgan fingerprint density at radius 3 is 1.00 bits per heavy atom. The van der Waals surface area contributed by atoms with Crippen LogP contribution in [0.1, 0.15) is 0 Å². The van der Waals surface area contributed by atoms with Gasteiger partial charge in [0.15, 0.2) is 0 Å². The standard InChI is InChI=1S/2CHO2.Ba.Zn.2H/c2*2-1-3;;;;/h2*(H,2,3);;;;/q2*-1;;+2;;. The summed E-state index contributed by atoms with van der Waals surface area (Å²) in [6.07, 6.45) is 0. The average Bonchev–Trinajstić information content (AvgIpc) is 1.39. The van der Waals surface area contributed by atoms with Crippen molar-refractivity contribution in [3.63, 3.8) is 0 Å². The molecule has 0 aliphatic carbocycles. The van der Waals surface area contributed by atoms with Crippen LogP contribution in [0.25, 0.3) is 0 Å². The Morgan fingerprint density at radius 2 is 1.00 bits per heavy atom. The van der Waals surface area contributed by atoms with Crippen molar-refractivity contribution >= 4 is 61.8 Å². The second-order valence-corrected chi connectivity index (χ2v) is 0.183. The molecule has 0 atom stereocenters. The van der Waals surface area contributed by atoms with E-state index in [2.05, 4.69) is 0 Å². The second kappa shape index (κ2) is 42.1. The topological polar surface area (TPSA) is 74.6 Å². The van der Waals surface area contributed by atoms with Gasteiger partial charge in [0.25, 0.3) is 0 Å². The molecule has 0 rings (SSSR count). The van der Waals surface area contributed by atoms with E-state index in [4.69, 9.17) is 19.8 Å². The molecule has 0 saturated heterocycles. The first-order valence-corrected chi connectivity index (χ1v) is 0.855. The minimum absolute atomic E-state index is 0. The van der Waals surface area contributed by atoms with Gasteiger partial charge in [-0.15, -0.1) is 0 Å². The molecular formula is C2H4BaO4Zn. The normalized spacial score (nSPS) is 3.00. The van der Waals surface area contributed by atoms with Crippen molar-refractivity contribution in [3.8, 4) is 0 Å². The van der Waals surface area contributed by atoms with E-state index in [-0.39, 0.29) is 68.4 Å². The van der Waals surface area contributed by atoms with Gasteiger partial charge in [-0.25, -0.2) is 0 Å². The molecule has 0 heterocycles. The van der Waals surface area contributed by atoms with E-state index >= 15 is 0 Å². The minimum atomic E-state index is 0. The van der Waals surface area contributed by atoms with Gasteiger partial charge in [-0.3, -0.25) is 0 Å². The van der Waals surface area contributed by atoms with E-state index < -0.39 is 0 Å². The van der Waals surface area contributed by atoms with Crippen LogP contribution in [0.15, 0.2) is 0 Å². The first-order valence-electron chi connectivity index (χ1n) is 0.855. The molecule has 0 aromatic heterocycles. The molecule has 0 aromatic rings. The predicted octanol–water partition coefficient (Wildman–Crippen LogP) is -1.70. The molecule has 0 aromatic carbocycles. The summed E-state index contributed by atoms with van der Waals surface area (Å²) in [5.74, 6) is 0. The summed E-state index contributed by atoms with van der Waals surface area (Å²) >= 11 is 0. The molecular weight excluding hydrogens is 291 g/mol. The van der Waals surface area contributed by atoms with Gasteiger partial charge in [-0.05, 0) is 0 Å². The van der Waals surface area contributed by atoms with Crippen molar-refractivity contribution in [2.24, 2.45) is 0 Å². The molecule has 6 heteroatoms. The van der Waals surface area contributed by atoms with E-state index in [9.17, 15) is 0 Å². The molecule has 0 aliphatic rings. The van der Waals surface area contributed by atoms with Crippen LogP contribution < -0.4 is 0 Å². The van der Waals surface area contributed by atoms with Crippen molar-refractivity contribution in [3.05, 3.63) is 0 Å². The number of hydrogen-bond donors (Lipinski definition) is 2. The van der Waals surface area contributed by atoms with Gasteiger partial charge in [0.1, 0.15) is 0 Å². The molecule has 0 fully saturated rings. The third kappa shape index (κ3) is 209. The Bertz CT molecular complexity index is 35.0. The number of hydrogen-bond acceptors (Lipinski definition) is 2. The molecule has 0 bridgehead atoms. The van der Waals surface area contributed by atoms with Gasteiger partial charge in [0, 0.05) is 0 Å². The van der Waals surface area contributed by atoms with Crippen LogP contribution in [0.3, 0.4) is 0 Å². The Kier molecular flexibility index (Phi) is 121. The predicted molar refractivity (Wildman–Crippen MR) is 25.2 cm³/mol. The van der Waals surface area contributed by atoms with E-state index in [0.717, 1.165) is 0 Å². The Morgan fingerprint density at radius 1 is 1.00 bits per heavy atom. The van der Waals surface area contributed by atoms with Crippen LogP contribution in [0, 0.1) is 0 Å². The zero-order valence-electron chi connectivity index (χ0n) is 3.42. The summed E-state index contributed by atoms with van der Waals surface area (Å²) in [7, 11) is 0. The van der Waals surface area contributed by atoms with Crippen molar-refractivity contribution in [2.45, 2.75) is 0 Å². The van der Waals surface area contributed by atoms with Crippen LogP contribution in [0.4, 0.5) is 0 Å². The third-order valence-corrected chi connectivity index (χ3v) is 0. The summed E-state index contributed by atoms with van der Waals surface area (Å²) in [6.45, 7) is 1.00. The Balaban J connectivity index is -0.0000000160. The molecule has 8 heavy (non-hydrogen) atoms. The SMILES string of the molecule is O=[C-]O.O=[C-]O.[BaH2].[Zn+2]. The second-order valence-electron chi connectivity index (χ2n) is 0.183. The van der Waals surface area contributed by atoms with Crippen LogP contribution in [-0.4, -0.2) is 72.0 Å². The summed E-state index contributed by atoms with van der Waals surface area (Å²) in [4.78, 5) is 16.5. The summed E-state index contributed by atoms with van der Waals surface area (Å²) in [5.41, 5.74) is 0. The molecule has 0 unspecified atom stereocenters. The van der Waals surface area contributed by atoms with Gasteiger partial charge in [-0.1, -0.05) is 12.9 Å². The van der Waals surface area contributed by atoms with Gasteiger partial charge < -0.3 is 19.8 Å². The monoisotopic (exact) mass is 294 g/mol.